The third-order valence-corrected chi connectivity index (χ3v) is 6.07. The Morgan fingerprint density at radius 3 is 2.53 bits per heavy atom. The molecule has 0 atom stereocenters. The number of hydrogen-bond acceptors (Lipinski definition) is 7. The average Bonchev–Trinajstić information content (AvgIpc) is 3.10. The first-order valence-corrected chi connectivity index (χ1v) is 11.5. The molecule has 0 unspecified atom stereocenters. The molecule has 0 bridgehead atoms. The van der Waals surface area contributed by atoms with Crippen LogP contribution in [0.3, 0.4) is 0 Å². The molecule has 1 aliphatic heterocycles. The van der Waals surface area contributed by atoms with Crippen LogP contribution in [0.5, 0.6) is 11.5 Å². The van der Waals surface area contributed by atoms with Crippen LogP contribution in [-0.2, 0) is 20.9 Å². The lowest BCUT2D eigenvalue weighted by atomic mass is 10.1. The van der Waals surface area contributed by atoms with Crippen molar-refractivity contribution in [1.82, 2.24) is 4.90 Å². The number of carbonyl (C=O) groups is 3. The lowest BCUT2D eigenvalue weighted by Gasteiger charge is -2.13. The van der Waals surface area contributed by atoms with Gasteiger partial charge < -0.3 is 14.2 Å². The standard InChI is InChI=1S/C26H23NO6S/c1-3-32-22-13-17(14-23-25(29)27(26(30)34-23)15-24(28)31-2)9-11-21(22)33-16-18-8-10-19-6-4-5-7-20(19)12-18/h4-14H,3,15-16H2,1-2H3/b23-14-. The number of carbonyl (C=O) groups excluding carboxylic acids is 3. The normalized spacial score (nSPS) is 14.6. The fourth-order valence-electron chi connectivity index (χ4n) is 3.47. The summed E-state index contributed by atoms with van der Waals surface area (Å²) in [4.78, 5) is 37.3. The molecule has 1 aliphatic rings. The molecule has 3 aromatic rings. The molecule has 1 heterocycles. The van der Waals surface area contributed by atoms with Crippen LogP contribution in [0.4, 0.5) is 4.79 Å². The quantitative estimate of drug-likeness (QED) is 0.333. The lowest BCUT2D eigenvalue weighted by Crippen LogP contribution is -2.34. The number of methoxy groups -OCH3 is 1. The Morgan fingerprint density at radius 1 is 0.971 bits per heavy atom. The zero-order valence-electron chi connectivity index (χ0n) is 18.8. The third-order valence-electron chi connectivity index (χ3n) is 5.16. The summed E-state index contributed by atoms with van der Waals surface area (Å²) < 4.78 is 16.3. The summed E-state index contributed by atoms with van der Waals surface area (Å²) in [5, 5.41) is 1.80. The molecule has 0 radical (unpaired) electrons. The molecule has 7 nitrogen and oxygen atoms in total. The van der Waals surface area contributed by atoms with Crippen molar-refractivity contribution in [1.29, 1.82) is 0 Å². The van der Waals surface area contributed by atoms with Crippen molar-refractivity contribution >= 4 is 45.7 Å². The highest BCUT2D eigenvalue weighted by atomic mass is 32.2. The van der Waals surface area contributed by atoms with Gasteiger partial charge in [0.15, 0.2) is 11.5 Å². The van der Waals surface area contributed by atoms with Crippen molar-refractivity contribution in [2.24, 2.45) is 0 Å². The molecule has 174 valence electrons. The van der Waals surface area contributed by atoms with Gasteiger partial charge in [-0.25, -0.2) is 0 Å². The Labute approximate surface area is 201 Å². The van der Waals surface area contributed by atoms with Gasteiger partial charge in [0.05, 0.1) is 18.6 Å². The predicted octanol–water partition coefficient (Wildman–Crippen LogP) is 5.03. The van der Waals surface area contributed by atoms with E-state index in [0.29, 0.717) is 30.3 Å². The van der Waals surface area contributed by atoms with Crippen LogP contribution < -0.4 is 9.47 Å². The van der Waals surface area contributed by atoms with Crippen LogP contribution in [0, 0.1) is 0 Å². The van der Waals surface area contributed by atoms with E-state index in [2.05, 4.69) is 29.0 Å². The van der Waals surface area contributed by atoms with Gasteiger partial charge in [-0.1, -0.05) is 42.5 Å². The summed E-state index contributed by atoms with van der Waals surface area (Å²) in [5.74, 6) is -0.0816. The number of esters is 1. The highest BCUT2D eigenvalue weighted by molar-refractivity contribution is 8.18. The summed E-state index contributed by atoms with van der Waals surface area (Å²) >= 11 is 0.780. The Morgan fingerprint density at radius 2 is 1.76 bits per heavy atom. The van der Waals surface area contributed by atoms with E-state index in [4.69, 9.17) is 9.47 Å². The molecule has 0 aromatic heterocycles. The zero-order chi connectivity index (χ0) is 24.1. The summed E-state index contributed by atoms with van der Waals surface area (Å²) in [6, 6.07) is 19.6. The van der Waals surface area contributed by atoms with Crippen molar-refractivity contribution in [3.8, 4) is 11.5 Å². The Bertz CT molecular complexity index is 1290. The maximum Gasteiger partial charge on any atom is 0.325 e. The molecule has 2 amide bonds. The topological polar surface area (TPSA) is 82.1 Å². The van der Waals surface area contributed by atoms with Gasteiger partial charge in [-0.15, -0.1) is 0 Å². The molecule has 1 fully saturated rings. The van der Waals surface area contributed by atoms with Crippen molar-refractivity contribution in [3.63, 3.8) is 0 Å². The van der Waals surface area contributed by atoms with Gasteiger partial charge in [0, 0.05) is 0 Å². The monoisotopic (exact) mass is 477 g/mol. The number of imide groups is 1. The van der Waals surface area contributed by atoms with Crippen molar-refractivity contribution in [2.75, 3.05) is 20.3 Å². The lowest BCUT2D eigenvalue weighted by molar-refractivity contribution is -0.143. The minimum Gasteiger partial charge on any atom is -0.490 e. The second-order valence-corrected chi connectivity index (χ2v) is 8.45. The second kappa shape index (κ2) is 10.4. The first kappa shape index (κ1) is 23.4. The summed E-state index contributed by atoms with van der Waals surface area (Å²) in [7, 11) is 1.20. The van der Waals surface area contributed by atoms with Gasteiger partial charge in [-0.05, 0) is 64.9 Å². The van der Waals surface area contributed by atoms with Crippen LogP contribution in [0.25, 0.3) is 16.8 Å². The van der Waals surface area contributed by atoms with Crippen molar-refractivity contribution in [2.45, 2.75) is 13.5 Å². The number of thioether (sulfide) groups is 1. The van der Waals surface area contributed by atoms with E-state index in [1.807, 2.05) is 25.1 Å². The first-order valence-electron chi connectivity index (χ1n) is 10.7. The summed E-state index contributed by atoms with van der Waals surface area (Å²) in [5.41, 5.74) is 1.70. The number of rotatable bonds is 8. The van der Waals surface area contributed by atoms with Crippen LogP contribution in [0.2, 0.25) is 0 Å². The van der Waals surface area contributed by atoms with E-state index >= 15 is 0 Å². The van der Waals surface area contributed by atoms with E-state index < -0.39 is 23.7 Å². The number of ether oxygens (including phenoxy) is 3. The van der Waals surface area contributed by atoms with Gasteiger partial charge in [-0.2, -0.15) is 0 Å². The molecule has 8 heteroatoms. The maximum atomic E-state index is 12.6. The number of benzene rings is 3. The van der Waals surface area contributed by atoms with Crippen LogP contribution >= 0.6 is 11.8 Å². The van der Waals surface area contributed by atoms with E-state index in [-0.39, 0.29) is 4.91 Å². The molecular weight excluding hydrogens is 454 g/mol. The molecule has 0 N–H and O–H groups in total. The van der Waals surface area contributed by atoms with Crippen molar-refractivity contribution < 1.29 is 28.6 Å². The van der Waals surface area contributed by atoms with Crippen molar-refractivity contribution in [3.05, 3.63) is 76.7 Å². The number of hydrogen-bond donors (Lipinski definition) is 0. The minimum absolute atomic E-state index is 0.223. The van der Waals surface area contributed by atoms with E-state index in [1.165, 1.54) is 12.5 Å². The van der Waals surface area contributed by atoms with Crippen LogP contribution in [0.1, 0.15) is 18.1 Å². The van der Waals surface area contributed by atoms with E-state index in [1.54, 1.807) is 24.3 Å². The third kappa shape index (κ3) is 5.23. The summed E-state index contributed by atoms with van der Waals surface area (Å²) in [6.07, 6.45) is 1.60. The Kier molecular flexibility index (Phi) is 7.18. The predicted molar refractivity (Wildman–Crippen MR) is 131 cm³/mol. The van der Waals surface area contributed by atoms with Gasteiger partial charge in [0.1, 0.15) is 13.2 Å². The molecule has 34 heavy (non-hydrogen) atoms. The van der Waals surface area contributed by atoms with Gasteiger partial charge in [-0.3, -0.25) is 19.3 Å². The molecule has 1 saturated heterocycles. The van der Waals surface area contributed by atoms with E-state index in [9.17, 15) is 14.4 Å². The average molecular weight is 478 g/mol. The molecule has 0 saturated carbocycles. The van der Waals surface area contributed by atoms with Gasteiger partial charge in [0.25, 0.3) is 11.1 Å². The highest BCUT2D eigenvalue weighted by Gasteiger charge is 2.36. The number of fused-ring (bicyclic) bond motifs is 1. The number of nitrogens with zero attached hydrogens (tertiary/aromatic N) is 1. The molecule has 4 rings (SSSR count). The van der Waals surface area contributed by atoms with Crippen LogP contribution in [-0.4, -0.2) is 42.3 Å². The molecule has 3 aromatic carbocycles. The van der Waals surface area contributed by atoms with E-state index in [0.717, 1.165) is 27.6 Å². The Balaban J connectivity index is 1.51. The highest BCUT2D eigenvalue weighted by Crippen LogP contribution is 2.35. The van der Waals surface area contributed by atoms with Crippen LogP contribution in [0.15, 0.2) is 65.6 Å². The number of amides is 2. The first-order chi connectivity index (χ1) is 16.5. The fraction of sp³-hybridized carbons (Fsp3) is 0.192. The second-order valence-electron chi connectivity index (χ2n) is 7.45. The maximum absolute atomic E-state index is 12.6. The SMILES string of the molecule is CCOc1cc(/C=C2\SC(=O)N(CC(=O)OC)C2=O)ccc1OCc1ccc2ccccc2c1. The Hall–Kier alpha value is -3.78. The molecular formula is C26H23NO6S. The van der Waals surface area contributed by atoms with Gasteiger partial charge in [0.2, 0.25) is 0 Å². The fourth-order valence-corrected chi connectivity index (χ4v) is 4.31. The summed E-state index contributed by atoms with van der Waals surface area (Å²) in [6.45, 7) is 2.27. The smallest absolute Gasteiger partial charge is 0.325 e. The minimum atomic E-state index is -0.657. The van der Waals surface area contributed by atoms with Gasteiger partial charge >= 0.3 is 5.97 Å². The molecule has 0 spiro atoms. The largest absolute Gasteiger partial charge is 0.490 e. The molecule has 0 aliphatic carbocycles. The zero-order valence-corrected chi connectivity index (χ0v) is 19.6.